The number of nitrogens with zero attached hydrogens (tertiary/aromatic N) is 1. The molecule has 0 radical (unpaired) electrons. The van der Waals surface area contributed by atoms with E-state index in [1.54, 1.807) is 23.9 Å². The van der Waals surface area contributed by atoms with Crippen LogP contribution in [-0.2, 0) is 4.79 Å². The average Bonchev–Trinajstić information content (AvgIpc) is 3.09. The van der Waals surface area contributed by atoms with E-state index in [1.165, 1.54) is 11.3 Å². The van der Waals surface area contributed by atoms with Gasteiger partial charge >= 0.3 is 0 Å². The highest BCUT2D eigenvalue weighted by molar-refractivity contribution is 8.01. The number of anilines is 1. The van der Waals surface area contributed by atoms with Gasteiger partial charge in [0.05, 0.1) is 0 Å². The quantitative estimate of drug-likeness (QED) is 0.442. The molecular formula is C24H24N2O2S2. The zero-order valence-corrected chi connectivity index (χ0v) is 18.8. The second kappa shape index (κ2) is 9.87. The number of hydrogen-bond donors (Lipinski definition) is 1. The zero-order valence-electron chi connectivity index (χ0n) is 17.2. The van der Waals surface area contributed by atoms with Crippen molar-refractivity contribution in [3.63, 3.8) is 0 Å². The second-order valence-corrected chi connectivity index (χ2v) is 9.94. The number of benzene rings is 1. The van der Waals surface area contributed by atoms with Crippen molar-refractivity contribution in [1.29, 1.82) is 0 Å². The van der Waals surface area contributed by atoms with Crippen LogP contribution >= 0.6 is 23.1 Å². The predicted octanol–water partition coefficient (Wildman–Crippen LogP) is 6.06. The fraction of sp³-hybridized carbons (Fsp3) is 0.208. The van der Waals surface area contributed by atoms with E-state index in [1.807, 2.05) is 69.4 Å². The Morgan fingerprint density at radius 2 is 1.73 bits per heavy atom. The number of carbonyl (C=O) groups is 2. The lowest BCUT2D eigenvalue weighted by Gasteiger charge is -2.17. The first-order chi connectivity index (χ1) is 14.3. The largest absolute Gasteiger partial charge is 0.309 e. The van der Waals surface area contributed by atoms with Crippen molar-refractivity contribution < 1.29 is 9.59 Å². The summed E-state index contributed by atoms with van der Waals surface area (Å²) >= 11 is 2.87. The van der Waals surface area contributed by atoms with E-state index < -0.39 is 5.41 Å². The molecule has 0 saturated carbocycles. The Bertz CT molecular complexity index is 1040. The molecule has 30 heavy (non-hydrogen) atoms. The minimum atomic E-state index is -0.585. The molecule has 1 N–H and O–H groups in total. The van der Waals surface area contributed by atoms with Crippen LogP contribution in [-0.4, -0.2) is 22.4 Å². The summed E-state index contributed by atoms with van der Waals surface area (Å²) in [6.45, 7) is 5.50. The maximum absolute atomic E-state index is 13.1. The molecule has 0 atom stereocenters. The first-order valence-corrected chi connectivity index (χ1v) is 11.4. The van der Waals surface area contributed by atoms with Gasteiger partial charge < -0.3 is 5.32 Å². The van der Waals surface area contributed by atoms with Crippen LogP contribution in [0, 0.1) is 5.41 Å². The van der Waals surface area contributed by atoms with Crippen LogP contribution < -0.4 is 5.32 Å². The lowest BCUT2D eigenvalue weighted by Crippen LogP contribution is -2.28. The van der Waals surface area contributed by atoms with Gasteiger partial charge in [0.1, 0.15) is 4.88 Å². The number of amides is 1. The maximum Gasteiger partial charge on any atom is 0.230 e. The number of carbonyl (C=O) groups excluding carboxylic acids is 2. The Morgan fingerprint density at radius 1 is 1.03 bits per heavy atom. The van der Waals surface area contributed by atoms with Crippen molar-refractivity contribution in [2.75, 3.05) is 11.1 Å². The van der Waals surface area contributed by atoms with Crippen LogP contribution in [0.15, 0.2) is 82.8 Å². The highest BCUT2D eigenvalue weighted by atomic mass is 32.2. The van der Waals surface area contributed by atoms with Gasteiger partial charge in [-0.2, -0.15) is 0 Å². The minimum Gasteiger partial charge on any atom is -0.309 e. The van der Waals surface area contributed by atoms with E-state index >= 15 is 0 Å². The Kier molecular flexibility index (Phi) is 7.24. The molecule has 1 aromatic heterocycles. The van der Waals surface area contributed by atoms with Crippen molar-refractivity contribution in [2.24, 2.45) is 5.41 Å². The lowest BCUT2D eigenvalue weighted by molar-refractivity contribution is -0.123. The molecule has 1 amide bonds. The summed E-state index contributed by atoms with van der Waals surface area (Å²) in [6.07, 6.45) is 14.0. The van der Waals surface area contributed by atoms with Gasteiger partial charge in [0.15, 0.2) is 10.2 Å². The molecule has 3 rings (SSSR count). The molecule has 154 valence electrons. The van der Waals surface area contributed by atoms with Gasteiger partial charge in [-0.25, -0.2) is 4.98 Å². The number of allylic oxidation sites excluding steroid dienone is 7. The van der Waals surface area contributed by atoms with Crippen molar-refractivity contribution >= 4 is 40.6 Å². The second-order valence-electron chi connectivity index (χ2n) is 7.72. The highest BCUT2D eigenvalue weighted by Crippen LogP contribution is 2.34. The van der Waals surface area contributed by atoms with Crippen LogP contribution in [0.5, 0.6) is 0 Å². The van der Waals surface area contributed by atoms with E-state index in [0.717, 1.165) is 9.91 Å². The third-order valence-electron chi connectivity index (χ3n) is 4.19. The van der Waals surface area contributed by atoms with Crippen molar-refractivity contribution in [3.05, 3.63) is 88.9 Å². The standard InChI is InChI=1S/C24H24N2O2S2/c1-24(2,3)22(28)25-21-20(19(27)18-14-10-7-11-15-18)30-23(26-21)29-16-17-12-8-5-4-6-9-13-17/h4-15H,16H2,1-3H3,(H,25,28). The molecule has 0 saturated heterocycles. The fourth-order valence-corrected chi connectivity index (χ4v) is 4.48. The lowest BCUT2D eigenvalue weighted by atomic mass is 9.96. The molecule has 1 aromatic carbocycles. The van der Waals surface area contributed by atoms with Crippen LogP contribution in [0.4, 0.5) is 5.82 Å². The molecule has 4 nitrogen and oxygen atoms in total. The smallest absolute Gasteiger partial charge is 0.230 e. The third kappa shape index (κ3) is 5.90. The summed E-state index contributed by atoms with van der Waals surface area (Å²) in [4.78, 5) is 30.6. The number of nitrogens with one attached hydrogen (secondary N) is 1. The monoisotopic (exact) mass is 436 g/mol. The summed E-state index contributed by atoms with van der Waals surface area (Å²) < 4.78 is 0.745. The molecular weight excluding hydrogens is 412 g/mol. The molecule has 6 heteroatoms. The molecule has 0 spiro atoms. The number of aromatic nitrogens is 1. The maximum atomic E-state index is 13.1. The molecule has 1 heterocycles. The van der Waals surface area contributed by atoms with Gasteiger partial charge in [-0.3, -0.25) is 9.59 Å². The molecule has 0 fully saturated rings. The number of thiazole rings is 1. The van der Waals surface area contributed by atoms with E-state index in [-0.39, 0.29) is 11.7 Å². The molecule has 0 bridgehead atoms. The van der Waals surface area contributed by atoms with Gasteiger partial charge in [-0.05, 0) is 5.57 Å². The molecule has 2 aromatic rings. The van der Waals surface area contributed by atoms with E-state index in [0.29, 0.717) is 22.0 Å². The Labute approximate surface area is 185 Å². The number of thioether (sulfide) groups is 1. The molecule has 0 unspecified atom stereocenters. The van der Waals surface area contributed by atoms with Gasteiger partial charge in [-0.1, -0.05) is 105 Å². The normalized spacial score (nSPS) is 13.5. The fourth-order valence-electron chi connectivity index (χ4n) is 2.46. The Hall–Kier alpha value is -2.70. The van der Waals surface area contributed by atoms with Gasteiger partial charge in [0.2, 0.25) is 11.7 Å². The van der Waals surface area contributed by atoms with Crippen LogP contribution in [0.1, 0.15) is 36.0 Å². The minimum absolute atomic E-state index is 0.137. The van der Waals surface area contributed by atoms with Gasteiger partial charge in [-0.15, -0.1) is 11.3 Å². The Balaban J connectivity index is 1.85. The summed E-state index contributed by atoms with van der Waals surface area (Å²) in [5.41, 5.74) is 1.14. The van der Waals surface area contributed by atoms with Crippen molar-refractivity contribution in [1.82, 2.24) is 4.98 Å². The van der Waals surface area contributed by atoms with Crippen LogP contribution in [0.2, 0.25) is 0 Å². The summed E-state index contributed by atoms with van der Waals surface area (Å²) in [7, 11) is 0. The van der Waals surface area contributed by atoms with Gasteiger partial charge in [0, 0.05) is 16.7 Å². The van der Waals surface area contributed by atoms with E-state index in [9.17, 15) is 9.59 Å². The zero-order chi connectivity index (χ0) is 21.6. The number of ketones is 1. The number of rotatable bonds is 6. The highest BCUT2D eigenvalue weighted by Gasteiger charge is 2.26. The van der Waals surface area contributed by atoms with Crippen molar-refractivity contribution in [3.8, 4) is 0 Å². The molecule has 0 aliphatic heterocycles. The van der Waals surface area contributed by atoms with Crippen LogP contribution in [0.3, 0.4) is 0 Å². The average molecular weight is 437 g/mol. The summed E-state index contributed by atoms with van der Waals surface area (Å²) in [5.74, 6) is 0.742. The Morgan fingerprint density at radius 3 is 2.47 bits per heavy atom. The van der Waals surface area contributed by atoms with E-state index in [2.05, 4.69) is 22.5 Å². The number of hydrogen-bond acceptors (Lipinski definition) is 5. The predicted molar refractivity (Wildman–Crippen MR) is 126 cm³/mol. The van der Waals surface area contributed by atoms with E-state index in [4.69, 9.17) is 0 Å². The van der Waals surface area contributed by atoms with Crippen LogP contribution in [0.25, 0.3) is 0 Å². The molecule has 1 aliphatic carbocycles. The summed E-state index contributed by atoms with van der Waals surface area (Å²) in [5, 5.41) is 2.86. The molecule has 1 aliphatic rings. The van der Waals surface area contributed by atoms with Gasteiger partial charge in [0.25, 0.3) is 0 Å². The first kappa shape index (κ1) is 22.0. The van der Waals surface area contributed by atoms with Crippen molar-refractivity contribution in [2.45, 2.75) is 25.1 Å². The summed E-state index contributed by atoms with van der Waals surface area (Å²) in [6, 6.07) is 9.06. The topological polar surface area (TPSA) is 59.1 Å². The third-order valence-corrected chi connectivity index (χ3v) is 6.46. The first-order valence-electron chi connectivity index (χ1n) is 9.60. The SMILES string of the molecule is CC(C)(C)C(=O)Nc1nc(SCC2=CC=CC=CC=C2)sc1C(=O)c1ccccc1.